The summed E-state index contributed by atoms with van der Waals surface area (Å²) in [6.45, 7) is 8.90. The third-order valence-electron chi connectivity index (χ3n) is 3.57. The summed E-state index contributed by atoms with van der Waals surface area (Å²) in [5.41, 5.74) is 2.14. The normalized spacial score (nSPS) is 14.6. The monoisotopic (exact) mass is 293 g/mol. The predicted molar refractivity (Wildman–Crippen MR) is 89.1 cm³/mol. The van der Waals surface area contributed by atoms with Crippen molar-refractivity contribution < 1.29 is 9.47 Å². The van der Waals surface area contributed by atoms with Crippen LogP contribution in [0.4, 0.5) is 5.69 Å². The molecule has 2 aromatic rings. The van der Waals surface area contributed by atoms with Gasteiger partial charge in [0.25, 0.3) is 0 Å². The average molecular weight is 293 g/mol. The molecule has 0 N–H and O–H groups in total. The second-order valence-corrected chi connectivity index (χ2v) is 5.13. The molecule has 0 aromatic heterocycles. The second kappa shape index (κ2) is 5.98. The molecule has 0 spiro atoms. The number of ether oxygens (including phenoxy) is 2. The van der Waals surface area contributed by atoms with Crippen LogP contribution in [0, 0.1) is 6.92 Å². The maximum atomic E-state index is 5.90. The molecule has 0 amide bonds. The van der Waals surface area contributed by atoms with Crippen LogP contribution in [0.5, 0.6) is 11.5 Å². The van der Waals surface area contributed by atoms with Crippen molar-refractivity contribution in [3.63, 3.8) is 0 Å². The van der Waals surface area contributed by atoms with Gasteiger partial charge in [-0.05, 0) is 37.6 Å². The third kappa shape index (κ3) is 2.70. The lowest BCUT2D eigenvalue weighted by Crippen LogP contribution is -2.19. The number of hydrogen-bond acceptors (Lipinski definition) is 3. The molecule has 0 fully saturated rings. The molecular weight excluding hydrogens is 274 g/mol. The van der Waals surface area contributed by atoms with E-state index in [1.54, 1.807) is 0 Å². The molecule has 3 nitrogen and oxygen atoms in total. The van der Waals surface area contributed by atoms with E-state index >= 15 is 0 Å². The molecule has 1 heterocycles. The van der Waals surface area contributed by atoms with E-state index in [0.29, 0.717) is 5.76 Å². The molecule has 112 valence electrons. The highest BCUT2D eigenvalue weighted by Gasteiger charge is 2.24. The molecule has 0 aliphatic carbocycles. The van der Waals surface area contributed by atoms with Gasteiger partial charge < -0.3 is 14.4 Å². The van der Waals surface area contributed by atoms with E-state index in [0.717, 1.165) is 35.2 Å². The van der Waals surface area contributed by atoms with Gasteiger partial charge in [-0.15, -0.1) is 0 Å². The van der Waals surface area contributed by atoms with Crippen LogP contribution in [0.3, 0.4) is 0 Å². The number of anilines is 1. The van der Waals surface area contributed by atoms with E-state index in [4.69, 9.17) is 9.47 Å². The fraction of sp³-hybridized carbons (Fsp3) is 0.158. The summed E-state index contributed by atoms with van der Waals surface area (Å²) in [4.78, 5) is 2.10. The van der Waals surface area contributed by atoms with Crippen LogP contribution in [0.15, 0.2) is 72.8 Å². The Labute approximate surface area is 131 Å². The first-order chi connectivity index (χ1) is 10.7. The van der Waals surface area contributed by atoms with Crippen LogP contribution < -0.4 is 14.4 Å². The summed E-state index contributed by atoms with van der Waals surface area (Å²) >= 11 is 0. The highest BCUT2D eigenvalue weighted by molar-refractivity contribution is 5.66. The van der Waals surface area contributed by atoms with Gasteiger partial charge in [0, 0.05) is 12.6 Å². The molecule has 1 aliphatic heterocycles. The van der Waals surface area contributed by atoms with Crippen molar-refractivity contribution in [2.75, 3.05) is 11.4 Å². The van der Waals surface area contributed by atoms with Crippen molar-refractivity contribution in [2.45, 2.75) is 13.8 Å². The van der Waals surface area contributed by atoms with Gasteiger partial charge in [-0.1, -0.05) is 36.9 Å². The van der Waals surface area contributed by atoms with E-state index in [-0.39, 0.29) is 0 Å². The summed E-state index contributed by atoms with van der Waals surface area (Å²) < 4.78 is 11.7. The van der Waals surface area contributed by atoms with Crippen LogP contribution in [0.1, 0.15) is 12.5 Å². The van der Waals surface area contributed by atoms with E-state index < -0.39 is 0 Å². The molecule has 0 saturated heterocycles. The summed E-state index contributed by atoms with van der Waals surface area (Å²) in [7, 11) is 0. The van der Waals surface area contributed by atoms with E-state index in [1.165, 1.54) is 0 Å². The highest BCUT2D eigenvalue weighted by atomic mass is 16.5. The zero-order chi connectivity index (χ0) is 15.5. The van der Waals surface area contributed by atoms with Gasteiger partial charge in [-0.2, -0.15) is 0 Å². The molecular formula is C19H19NO2. The lowest BCUT2D eigenvalue weighted by Gasteiger charge is -2.16. The number of hydrogen-bond donors (Lipinski definition) is 0. The minimum Gasteiger partial charge on any atom is -0.458 e. The molecule has 22 heavy (non-hydrogen) atoms. The first-order valence-corrected chi connectivity index (χ1v) is 7.37. The van der Waals surface area contributed by atoms with Gasteiger partial charge in [0.2, 0.25) is 5.88 Å². The number of aryl methyl sites for hydroxylation is 1. The van der Waals surface area contributed by atoms with E-state index in [9.17, 15) is 0 Å². The Hall–Kier alpha value is -2.68. The molecule has 0 saturated carbocycles. The molecule has 1 aliphatic rings. The van der Waals surface area contributed by atoms with Gasteiger partial charge in [0.05, 0.1) is 5.69 Å². The SMILES string of the molecule is C=C(/C=C1\Oc2ccccc2N1CC)Oc1ccccc1C. The Morgan fingerprint density at radius 3 is 2.68 bits per heavy atom. The Morgan fingerprint density at radius 1 is 1.18 bits per heavy atom. The lowest BCUT2D eigenvalue weighted by atomic mass is 10.2. The van der Waals surface area contributed by atoms with Crippen molar-refractivity contribution in [3.05, 3.63) is 78.4 Å². The lowest BCUT2D eigenvalue weighted by molar-refractivity contribution is 0.415. The summed E-state index contributed by atoms with van der Waals surface area (Å²) in [6, 6.07) is 15.9. The predicted octanol–water partition coefficient (Wildman–Crippen LogP) is 4.65. The molecule has 0 bridgehead atoms. The van der Waals surface area contributed by atoms with Crippen molar-refractivity contribution in [2.24, 2.45) is 0 Å². The standard InChI is InChI=1S/C19H19NO2/c1-4-20-16-10-6-8-12-18(16)22-19(20)13-15(3)21-17-11-7-5-9-14(17)2/h5-13H,3-4H2,1-2H3/b19-13-. The first kappa shape index (κ1) is 14.3. The molecule has 0 unspecified atom stereocenters. The van der Waals surface area contributed by atoms with Gasteiger partial charge in [0.15, 0.2) is 5.75 Å². The largest absolute Gasteiger partial charge is 0.458 e. The van der Waals surface area contributed by atoms with Gasteiger partial charge in [-0.25, -0.2) is 0 Å². The zero-order valence-corrected chi connectivity index (χ0v) is 12.9. The molecule has 0 atom stereocenters. The van der Waals surface area contributed by atoms with Gasteiger partial charge >= 0.3 is 0 Å². The van der Waals surface area contributed by atoms with Crippen molar-refractivity contribution in [1.29, 1.82) is 0 Å². The van der Waals surface area contributed by atoms with Crippen molar-refractivity contribution in [3.8, 4) is 11.5 Å². The summed E-state index contributed by atoms with van der Waals surface area (Å²) in [6.07, 6.45) is 1.83. The highest BCUT2D eigenvalue weighted by Crippen LogP contribution is 2.38. The Bertz CT molecular complexity index is 734. The Kier molecular flexibility index (Phi) is 3.88. The minimum atomic E-state index is 0.551. The maximum absolute atomic E-state index is 5.90. The summed E-state index contributed by atoms with van der Waals surface area (Å²) in [5.74, 6) is 2.96. The van der Waals surface area contributed by atoms with Crippen LogP contribution in [0.25, 0.3) is 0 Å². The molecule has 0 radical (unpaired) electrons. The maximum Gasteiger partial charge on any atom is 0.204 e. The number of rotatable bonds is 4. The Morgan fingerprint density at radius 2 is 1.91 bits per heavy atom. The average Bonchev–Trinajstić information content (AvgIpc) is 2.86. The second-order valence-electron chi connectivity index (χ2n) is 5.13. The zero-order valence-electron chi connectivity index (χ0n) is 12.9. The Balaban J connectivity index is 1.81. The molecule has 2 aromatic carbocycles. The number of benzene rings is 2. The van der Waals surface area contributed by atoms with Crippen molar-refractivity contribution in [1.82, 2.24) is 0 Å². The first-order valence-electron chi connectivity index (χ1n) is 7.37. The number of fused-ring (bicyclic) bond motifs is 1. The van der Waals surface area contributed by atoms with Gasteiger partial charge in [-0.3, -0.25) is 0 Å². The third-order valence-corrected chi connectivity index (χ3v) is 3.57. The molecule has 3 heteroatoms. The number of para-hydroxylation sites is 3. The fourth-order valence-electron chi connectivity index (χ4n) is 2.47. The summed E-state index contributed by atoms with van der Waals surface area (Å²) in [5, 5.41) is 0. The number of nitrogens with zero attached hydrogens (tertiary/aromatic N) is 1. The minimum absolute atomic E-state index is 0.551. The number of allylic oxidation sites excluding steroid dienone is 1. The molecule has 3 rings (SSSR count). The van der Waals surface area contributed by atoms with Crippen LogP contribution >= 0.6 is 0 Å². The van der Waals surface area contributed by atoms with E-state index in [1.807, 2.05) is 61.5 Å². The van der Waals surface area contributed by atoms with E-state index in [2.05, 4.69) is 18.4 Å². The van der Waals surface area contributed by atoms with Crippen LogP contribution in [0.2, 0.25) is 0 Å². The van der Waals surface area contributed by atoms with Gasteiger partial charge in [0.1, 0.15) is 11.5 Å². The van der Waals surface area contributed by atoms with Crippen LogP contribution in [-0.4, -0.2) is 6.54 Å². The fourth-order valence-corrected chi connectivity index (χ4v) is 2.47. The quantitative estimate of drug-likeness (QED) is 0.766. The van der Waals surface area contributed by atoms with Crippen LogP contribution in [-0.2, 0) is 0 Å². The topological polar surface area (TPSA) is 21.7 Å². The van der Waals surface area contributed by atoms with Crippen molar-refractivity contribution >= 4 is 5.69 Å². The smallest absolute Gasteiger partial charge is 0.204 e.